The molecule has 1 N–H and O–H groups in total. The Morgan fingerprint density at radius 1 is 1.03 bits per heavy atom. The summed E-state index contributed by atoms with van der Waals surface area (Å²) < 4.78 is 35.1. The van der Waals surface area contributed by atoms with Gasteiger partial charge in [0.05, 0.1) is 20.0 Å². The normalized spacial score (nSPS) is 22.6. The number of hydrogen-bond acceptors (Lipinski definition) is 6. The van der Waals surface area contributed by atoms with Crippen molar-refractivity contribution >= 4 is 10.0 Å². The van der Waals surface area contributed by atoms with E-state index in [1.54, 1.807) is 29.2 Å². The molecule has 0 amide bonds. The lowest BCUT2D eigenvalue weighted by molar-refractivity contribution is -0.0554. The molecule has 3 heterocycles. The zero-order valence-electron chi connectivity index (χ0n) is 21.1. The van der Waals surface area contributed by atoms with Crippen molar-refractivity contribution in [2.24, 2.45) is 7.05 Å². The minimum Gasteiger partial charge on any atom is -0.497 e. The van der Waals surface area contributed by atoms with Gasteiger partial charge in [0, 0.05) is 55.5 Å². The number of sulfonamides is 1. The molecule has 2 saturated heterocycles. The highest BCUT2D eigenvalue weighted by Gasteiger charge is 2.50. The first kappa shape index (κ1) is 25.5. The van der Waals surface area contributed by atoms with Crippen molar-refractivity contribution in [1.82, 2.24) is 18.8 Å². The number of aryl methyl sites for hydroxylation is 1. The van der Waals surface area contributed by atoms with Crippen LogP contribution in [0.2, 0.25) is 0 Å². The van der Waals surface area contributed by atoms with Gasteiger partial charge in [-0.1, -0.05) is 24.0 Å². The fourth-order valence-electron chi connectivity index (χ4n) is 5.39. The molecular weight excluding hydrogens is 488 g/mol. The number of aliphatic hydroxyl groups is 1. The molecule has 9 heteroatoms. The van der Waals surface area contributed by atoms with E-state index in [-0.39, 0.29) is 29.6 Å². The third kappa shape index (κ3) is 5.15. The summed E-state index contributed by atoms with van der Waals surface area (Å²) in [5.41, 5.74) is 2.89. The highest BCUT2D eigenvalue weighted by molar-refractivity contribution is 7.89. The Balaban J connectivity index is 1.36. The number of hydrogen-bond donors (Lipinski definition) is 1. The number of aliphatic hydroxyl groups excluding tert-OH is 1. The molecule has 2 fully saturated rings. The lowest BCUT2D eigenvalue weighted by Crippen LogP contribution is -2.67. The van der Waals surface area contributed by atoms with Crippen LogP contribution in [0.5, 0.6) is 5.75 Å². The zero-order chi connectivity index (χ0) is 26.0. The molecule has 0 bridgehead atoms. The van der Waals surface area contributed by atoms with Gasteiger partial charge in [-0.3, -0.25) is 4.90 Å². The molecule has 2 aliphatic heterocycles. The number of imidazole rings is 1. The Morgan fingerprint density at radius 2 is 1.68 bits per heavy atom. The van der Waals surface area contributed by atoms with Crippen LogP contribution in [0.1, 0.15) is 35.4 Å². The molecule has 3 atom stereocenters. The Hall–Kier alpha value is -3.16. The minimum atomic E-state index is -3.69. The van der Waals surface area contributed by atoms with Gasteiger partial charge in [-0.25, -0.2) is 13.4 Å². The predicted molar refractivity (Wildman–Crippen MR) is 141 cm³/mol. The molecule has 0 spiro atoms. The number of benzene rings is 2. The molecule has 0 radical (unpaired) electrons. The highest BCUT2D eigenvalue weighted by Crippen LogP contribution is 2.42. The molecule has 5 rings (SSSR count). The third-order valence-electron chi connectivity index (χ3n) is 7.35. The van der Waals surface area contributed by atoms with Crippen LogP contribution in [-0.2, 0) is 17.1 Å². The molecular formula is C28H32N4O4S. The summed E-state index contributed by atoms with van der Waals surface area (Å²) in [5, 5.41) is 10.3. The van der Waals surface area contributed by atoms with Crippen molar-refractivity contribution in [1.29, 1.82) is 0 Å². The first-order chi connectivity index (χ1) is 17.9. The van der Waals surface area contributed by atoms with Crippen LogP contribution in [0.4, 0.5) is 0 Å². The second kappa shape index (κ2) is 10.7. The van der Waals surface area contributed by atoms with Crippen LogP contribution < -0.4 is 4.74 Å². The standard InChI is InChI=1S/C28H32N4O4S/c1-30-18-27(29-20-30)37(34,35)31-15-3-4-16-32-25(17-31)28(26(32)19-33)23-11-7-21(8-12-23)5-6-22-9-13-24(36-2)14-10-22/h7-14,18,20,25-26,28,33H,3-4,15-17,19H2,1-2H3/t25-,26-,28+/m1/s1. The molecule has 3 aromatic rings. The van der Waals surface area contributed by atoms with Gasteiger partial charge in [-0.05, 0) is 61.3 Å². The van der Waals surface area contributed by atoms with Crippen molar-refractivity contribution in [3.05, 3.63) is 77.7 Å². The summed E-state index contributed by atoms with van der Waals surface area (Å²) in [6, 6.07) is 15.7. The number of rotatable bonds is 5. The van der Waals surface area contributed by atoms with Crippen LogP contribution in [-0.4, -0.2) is 77.7 Å². The van der Waals surface area contributed by atoms with E-state index in [0.717, 1.165) is 41.8 Å². The minimum absolute atomic E-state index is 0.00725. The lowest BCUT2D eigenvalue weighted by atomic mass is 9.74. The number of ether oxygens (including phenoxy) is 1. The van der Waals surface area contributed by atoms with Gasteiger partial charge < -0.3 is 14.4 Å². The largest absolute Gasteiger partial charge is 0.497 e. The van der Waals surface area contributed by atoms with Gasteiger partial charge in [0.2, 0.25) is 0 Å². The predicted octanol–water partition coefficient (Wildman–Crippen LogP) is 2.44. The summed E-state index contributed by atoms with van der Waals surface area (Å²) >= 11 is 0. The number of nitrogens with zero attached hydrogens (tertiary/aromatic N) is 4. The maximum atomic E-state index is 13.4. The van der Waals surface area contributed by atoms with E-state index in [4.69, 9.17) is 4.74 Å². The van der Waals surface area contributed by atoms with E-state index in [9.17, 15) is 13.5 Å². The van der Waals surface area contributed by atoms with E-state index in [1.807, 2.05) is 36.4 Å². The first-order valence-electron chi connectivity index (χ1n) is 12.5. The van der Waals surface area contributed by atoms with Gasteiger partial charge in [-0.2, -0.15) is 4.31 Å². The molecule has 2 aromatic carbocycles. The van der Waals surface area contributed by atoms with E-state index in [2.05, 4.69) is 33.9 Å². The summed E-state index contributed by atoms with van der Waals surface area (Å²) in [7, 11) is -0.291. The quantitative estimate of drug-likeness (QED) is 0.520. The fraction of sp³-hybridized carbons (Fsp3) is 0.393. The van der Waals surface area contributed by atoms with Crippen LogP contribution >= 0.6 is 0 Å². The van der Waals surface area contributed by atoms with Crippen molar-refractivity contribution in [2.75, 3.05) is 33.4 Å². The highest BCUT2D eigenvalue weighted by atomic mass is 32.2. The summed E-state index contributed by atoms with van der Waals surface area (Å²) in [6.45, 7) is 1.74. The van der Waals surface area contributed by atoms with Crippen LogP contribution in [0.15, 0.2) is 66.1 Å². The van der Waals surface area contributed by atoms with Gasteiger partial charge >= 0.3 is 0 Å². The lowest BCUT2D eigenvalue weighted by Gasteiger charge is -2.57. The number of fused-ring (bicyclic) bond motifs is 1. The maximum Gasteiger partial charge on any atom is 0.262 e. The molecule has 0 aliphatic carbocycles. The molecule has 2 aliphatic rings. The first-order valence-corrected chi connectivity index (χ1v) is 14.0. The topological polar surface area (TPSA) is 87.9 Å². The second-order valence-electron chi connectivity index (χ2n) is 9.63. The fourth-order valence-corrected chi connectivity index (χ4v) is 6.85. The molecule has 0 unspecified atom stereocenters. The Bertz CT molecular complexity index is 1390. The molecule has 0 saturated carbocycles. The summed E-state index contributed by atoms with van der Waals surface area (Å²) in [4.78, 5) is 6.37. The average Bonchev–Trinajstić information content (AvgIpc) is 3.34. The van der Waals surface area contributed by atoms with Gasteiger partial charge in [0.25, 0.3) is 10.0 Å². The van der Waals surface area contributed by atoms with Gasteiger partial charge in [-0.15, -0.1) is 0 Å². The maximum absolute atomic E-state index is 13.4. The third-order valence-corrected chi connectivity index (χ3v) is 9.11. The Kier molecular flexibility index (Phi) is 7.36. The SMILES string of the molecule is COc1ccc(C#Cc2ccc([C@@H]3[C@@H](CO)N4CCCCN(S(=O)(=O)c5cn(C)cn5)C[C@H]34)cc2)cc1. The number of methoxy groups -OCH3 is 1. The van der Waals surface area contributed by atoms with Crippen LogP contribution in [0.25, 0.3) is 0 Å². The monoisotopic (exact) mass is 520 g/mol. The summed E-state index contributed by atoms with van der Waals surface area (Å²) in [6.07, 6.45) is 4.72. The van der Waals surface area contributed by atoms with Crippen LogP contribution in [0.3, 0.4) is 0 Å². The Morgan fingerprint density at radius 3 is 2.27 bits per heavy atom. The molecule has 8 nitrogen and oxygen atoms in total. The molecule has 194 valence electrons. The molecule has 37 heavy (non-hydrogen) atoms. The average molecular weight is 521 g/mol. The zero-order valence-corrected chi connectivity index (χ0v) is 21.9. The smallest absolute Gasteiger partial charge is 0.262 e. The van der Waals surface area contributed by atoms with Gasteiger partial charge in [0.15, 0.2) is 5.03 Å². The number of aromatic nitrogens is 2. The Labute approximate surface area is 218 Å². The van der Waals surface area contributed by atoms with Crippen molar-refractivity contribution in [2.45, 2.75) is 35.9 Å². The van der Waals surface area contributed by atoms with Crippen molar-refractivity contribution in [3.8, 4) is 17.6 Å². The van der Waals surface area contributed by atoms with Gasteiger partial charge in [0.1, 0.15) is 5.75 Å². The van der Waals surface area contributed by atoms with E-state index in [1.165, 1.54) is 6.33 Å². The summed E-state index contributed by atoms with van der Waals surface area (Å²) in [5.74, 6) is 7.20. The van der Waals surface area contributed by atoms with Crippen molar-refractivity contribution < 1.29 is 18.3 Å². The van der Waals surface area contributed by atoms with E-state index >= 15 is 0 Å². The van der Waals surface area contributed by atoms with Crippen molar-refractivity contribution in [3.63, 3.8) is 0 Å². The second-order valence-corrected chi connectivity index (χ2v) is 11.5. The van der Waals surface area contributed by atoms with E-state index in [0.29, 0.717) is 13.1 Å². The van der Waals surface area contributed by atoms with Crippen LogP contribution in [0, 0.1) is 11.8 Å². The molecule has 1 aromatic heterocycles. The van der Waals surface area contributed by atoms with E-state index < -0.39 is 10.0 Å².